The third kappa shape index (κ3) is 3.84. The Hall–Kier alpha value is -2.38. The number of carbonyl (C=O) groups excluding carboxylic acids is 2. The van der Waals surface area contributed by atoms with E-state index in [1.54, 1.807) is 6.92 Å². The first kappa shape index (κ1) is 19.4. The lowest BCUT2D eigenvalue weighted by molar-refractivity contribution is -0.119. The van der Waals surface area contributed by atoms with E-state index in [1.807, 2.05) is 37.3 Å². The zero-order valence-electron chi connectivity index (χ0n) is 14.8. The third-order valence-corrected chi connectivity index (χ3v) is 6.63. The topological polar surface area (TPSA) is 83.6 Å². The molecule has 0 bridgehead atoms. The number of nitrogens with one attached hydrogen (secondary N) is 1. The molecule has 1 aliphatic rings. The highest BCUT2D eigenvalue weighted by atomic mass is 35.5. The first-order valence-corrected chi connectivity index (χ1v) is 10.4. The van der Waals surface area contributed by atoms with Gasteiger partial charge in [-0.2, -0.15) is 0 Å². The molecule has 8 heteroatoms. The smallest absolute Gasteiger partial charge is 0.253 e. The molecule has 6 nitrogen and oxygen atoms in total. The van der Waals surface area contributed by atoms with E-state index in [9.17, 15) is 18.0 Å². The average molecular weight is 407 g/mol. The largest absolute Gasteiger partial charge is 0.345 e. The molecule has 0 spiro atoms. The predicted molar refractivity (Wildman–Crippen MR) is 104 cm³/mol. The molecular formula is C19H19ClN2O4S. The van der Waals surface area contributed by atoms with Crippen LogP contribution in [0, 0.1) is 5.92 Å². The van der Waals surface area contributed by atoms with Crippen molar-refractivity contribution < 1.29 is 18.0 Å². The fraction of sp³-hybridized carbons (Fsp3) is 0.263. The summed E-state index contributed by atoms with van der Waals surface area (Å²) in [5, 5.41) is 3.01. The summed E-state index contributed by atoms with van der Waals surface area (Å²) < 4.78 is 25.3. The van der Waals surface area contributed by atoms with Crippen molar-refractivity contribution in [2.24, 2.45) is 5.92 Å². The summed E-state index contributed by atoms with van der Waals surface area (Å²) in [6.45, 7) is 3.39. The number of hydrogen-bond acceptors (Lipinski definition) is 4. The van der Waals surface area contributed by atoms with Gasteiger partial charge in [0.1, 0.15) is 0 Å². The molecule has 1 aliphatic heterocycles. The minimum atomic E-state index is -3.75. The second kappa shape index (κ2) is 7.32. The van der Waals surface area contributed by atoms with Gasteiger partial charge in [-0.1, -0.05) is 48.9 Å². The molecule has 142 valence electrons. The van der Waals surface area contributed by atoms with Gasteiger partial charge in [0.2, 0.25) is 15.9 Å². The van der Waals surface area contributed by atoms with Crippen molar-refractivity contribution in [3.8, 4) is 0 Å². The number of anilines is 1. The molecule has 0 radical (unpaired) electrons. The van der Waals surface area contributed by atoms with Crippen LogP contribution < -0.4 is 9.62 Å². The van der Waals surface area contributed by atoms with Crippen LogP contribution in [-0.4, -0.2) is 26.0 Å². The van der Waals surface area contributed by atoms with Gasteiger partial charge in [-0.3, -0.25) is 9.59 Å². The molecule has 1 saturated heterocycles. The molecule has 1 N–H and O–H groups in total. The van der Waals surface area contributed by atoms with Crippen LogP contribution in [0.3, 0.4) is 0 Å². The van der Waals surface area contributed by atoms with Crippen LogP contribution >= 0.6 is 11.6 Å². The fourth-order valence-corrected chi connectivity index (χ4v) is 5.02. The summed E-state index contributed by atoms with van der Waals surface area (Å²) in [5.74, 6) is -1.83. The zero-order valence-corrected chi connectivity index (χ0v) is 16.4. The molecule has 2 atom stereocenters. The monoisotopic (exact) mass is 406 g/mol. The Morgan fingerprint density at radius 2 is 1.89 bits per heavy atom. The number of amides is 2. The van der Waals surface area contributed by atoms with E-state index in [-0.39, 0.29) is 28.1 Å². The summed E-state index contributed by atoms with van der Waals surface area (Å²) in [6, 6.07) is 13.3. The van der Waals surface area contributed by atoms with E-state index >= 15 is 0 Å². The van der Waals surface area contributed by atoms with Crippen molar-refractivity contribution in [2.75, 3.05) is 10.1 Å². The first-order chi connectivity index (χ1) is 12.7. The van der Waals surface area contributed by atoms with Gasteiger partial charge < -0.3 is 5.32 Å². The van der Waals surface area contributed by atoms with Gasteiger partial charge in [-0.25, -0.2) is 12.7 Å². The van der Waals surface area contributed by atoms with Crippen molar-refractivity contribution in [1.29, 1.82) is 0 Å². The van der Waals surface area contributed by atoms with Crippen molar-refractivity contribution >= 4 is 39.1 Å². The maximum atomic E-state index is 12.7. The SMILES string of the molecule is CC1CS(=O)(=O)N(c2ccc(Cl)c(C(=O)NC(C)c3ccccc3)c2)C1=O. The Labute approximate surface area is 163 Å². The van der Waals surface area contributed by atoms with E-state index < -0.39 is 27.8 Å². The van der Waals surface area contributed by atoms with Crippen LogP contribution in [0.4, 0.5) is 5.69 Å². The van der Waals surface area contributed by atoms with Crippen molar-refractivity contribution in [3.05, 3.63) is 64.7 Å². The van der Waals surface area contributed by atoms with Crippen LogP contribution in [0.2, 0.25) is 5.02 Å². The molecule has 0 saturated carbocycles. The molecule has 2 unspecified atom stereocenters. The Kier molecular flexibility index (Phi) is 5.26. The number of sulfonamides is 1. The van der Waals surface area contributed by atoms with E-state index in [1.165, 1.54) is 18.2 Å². The van der Waals surface area contributed by atoms with Crippen LogP contribution in [0.1, 0.15) is 35.8 Å². The average Bonchev–Trinajstić information content (AvgIpc) is 2.83. The molecule has 1 heterocycles. The maximum absolute atomic E-state index is 12.7. The minimum absolute atomic E-state index is 0.111. The fourth-order valence-electron chi connectivity index (χ4n) is 3.00. The standard InChI is InChI=1S/C19H19ClN2O4S/c1-12-11-27(25,26)22(19(12)24)15-8-9-17(20)16(10-15)18(23)21-13(2)14-6-4-3-5-7-14/h3-10,12-13H,11H2,1-2H3,(H,21,23). The highest BCUT2D eigenvalue weighted by Crippen LogP contribution is 2.31. The Morgan fingerprint density at radius 3 is 2.48 bits per heavy atom. The number of rotatable bonds is 4. The van der Waals surface area contributed by atoms with Gasteiger partial charge in [0, 0.05) is 0 Å². The van der Waals surface area contributed by atoms with Crippen LogP contribution in [0.5, 0.6) is 0 Å². The molecule has 2 amide bonds. The summed E-state index contributed by atoms with van der Waals surface area (Å²) >= 11 is 6.15. The van der Waals surface area contributed by atoms with Gasteiger partial charge >= 0.3 is 0 Å². The van der Waals surface area contributed by atoms with E-state index in [0.29, 0.717) is 0 Å². The highest BCUT2D eigenvalue weighted by molar-refractivity contribution is 7.94. The number of halogens is 1. The third-order valence-electron chi connectivity index (χ3n) is 4.44. The molecule has 27 heavy (non-hydrogen) atoms. The van der Waals surface area contributed by atoms with Gasteiger partial charge in [-0.15, -0.1) is 0 Å². The second-order valence-electron chi connectivity index (χ2n) is 6.55. The predicted octanol–water partition coefficient (Wildman–Crippen LogP) is 3.14. The molecule has 1 fully saturated rings. The van der Waals surface area contributed by atoms with Gasteiger partial charge in [-0.05, 0) is 30.7 Å². The summed E-state index contributed by atoms with van der Waals surface area (Å²) in [4.78, 5) is 24.9. The molecule has 3 rings (SSSR count). The summed E-state index contributed by atoms with van der Waals surface area (Å²) in [7, 11) is -3.75. The zero-order chi connectivity index (χ0) is 19.8. The summed E-state index contributed by atoms with van der Waals surface area (Å²) in [5.41, 5.74) is 1.15. The van der Waals surface area contributed by atoms with Gasteiger partial charge in [0.15, 0.2) is 0 Å². The number of hydrogen-bond donors (Lipinski definition) is 1. The number of carbonyl (C=O) groups is 2. The second-order valence-corrected chi connectivity index (χ2v) is 8.82. The quantitative estimate of drug-likeness (QED) is 0.845. The highest BCUT2D eigenvalue weighted by Gasteiger charge is 2.42. The Bertz CT molecular complexity index is 992. The van der Waals surface area contributed by atoms with Crippen molar-refractivity contribution in [2.45, 2.75) is 19.9 Å². The van der Waals surface area contributed by atoms with Crippen molar-refractivity contribution in [3.63, 3.8) is 0 Å². The van der Waals surface area contributed by atoms with E-state index in [4.69, 9.17) is 11.6 Å². The molecule has 2 aromatic carbocycles. The van der Waals surface area contributed by atoms with Crippen molar-refractivity contribution in [1.82, 2.24) is 5.32 Å². The first-order valence-electron chi connectivity index (χ1n) is 8.43. The number of nitrogens with zero attached hydrogens (tertiary/aromatic N) is 1. The Morgan fingerprint density at radius 1 is 1.22 bits per heavy atom. The van der Waals surface area contributed by atoms with E-state index in [2.05, 4.69) is 5.32 Å². The molecule has 2 aromatic rings. The van der Waals surface area contributed by atoms with Crippen LogP contribution in [0.15, 0.2) is 48.5 Å². The molecule has 0 aliphatic carbocycles. The van der Waals surface area contributed by atoms with Gasteiger partial charge in [0.05, 0.1) is 34.0 Å². The molecular weight excluding hydrogens is 388 g/mol. The van der Waals surface area contributed by atoms with Crippen LogP contribution in [-0.2, 0) is 14.8 Å². The minimum Gasteiger partial charge on any atom is -0.345 e. The van der Waals surface area contributed by atoms with Gasteiger partial charge in [0.25, 0.3) is 5.91 Å². The molecule has 0 aromatic heterocycles. The maximum Gasteiger partial charge on any atom is 0.253 e. The normalized spacial score (nSPS) is 19.7. The lowest BCUT2D eigenvalue weighted by Gasteiger charge is -2.18. The van der Waals surface area contributed by atoms with Crippen LogP contribution in [0.25, 0.3) is 0 Å². The lowest BCUT2D eigenvalue weighted by atomic mass is 10.1. The Balaban J connectivity index is 1.90. The van der Waals surface area contributed by atoms with E-state index in [0.717, 1.165) is 9.87 Å². The lowest BCUT2D eigenvalue weighted by Crippen LogP contribution is -2.31. The number of benzene rings is 2. The summed E-state index contributed by atoms with van der Waals surface area (Å²) in [6.07, 6.45) is 0.